The van der Waals surface area contributed by atoms with E-state index >= 15 is 0 Å². The maximum atomic E-state index is 5.79. The maximum absolute atomic E-state index is 5.79. The first-order chi connectivity index (χ1) is 8.79. The Kier molecular flexibility index (Phi) is 3.96. The van der Waals surface area contributed by atoms with E-state index in [0.717, 1.165) is 6.42 Å². The second kappa shape index (κ2) is 5.86. The standard InChI is InChI=1S/C13H15N3O2/c1-2-7-17-12-8-13(16-9-15-12)18-11-6-4-3-5-10(11)14/h3-6,8-9H,2,7,14H2,1H3. The molecule has 2 N–H and O–H groups in total. The molecule has 0 saturated carbocycles. The van der Waals surface area contributed by atoms with Crippen LogP contribution in [0.4, 0.5) is 5.69 Å². The summed E-state index contributed by atoms with van der Waals surface area (Å²) in [7, 11) is 0. The lowest BCUT2D eigenvalue weighted by atomic mass is 10.3. The van der Waals surface area contributed by atoms with E-state index in [0.29, 0.717) is 29.8 Å². The third-order valence-corrected chi connectivity index (χ3v) is 2.20. The summed E-state index contributed by atoms with van der Waals surface area (Å²) >= 11 is 0. The maximum Gasteiger partial charge on any atom is 0.226 e. The number of anilines is 1. The van der Waals surface area contributed by atoms with E-state index in [2.05, 4.69) is 9.97 Å². The number of ether oxygens (including phenoxy) is 2. The van der Waals surface area contributed by atoms with Gasteiger partial charge >= 0.3 is 0 Å². The largest absolute Gasteiger partial charge is 0.477 e. The van der Waals surface area contributed by atoms with Crippen LogP contribution in [0.1, 0.15) is 13.3 Å². The fourth-order valence-corrected chi connectivity index (χ4v) is 1.35. The number of hydrogen-bond acceptors (Lipinski definition) is 5. The molecule has 18 heavy (non-hydrogen) atoms. The van der Waals surface area contributed by atoms with Crippen LogP contribution >= 0.6 is 0 Å². The van der Waals surface area contributed by atoms with Crippen LogP contribution in [0.15, 0.2) is 36.7 Å². The number of nitrogens with two attached hydrogens (primary N) is 1. The van der Waals surface area contributed by atoms with E-state index in [1.165, 1.54) is 6.33 Å². The predicted octanol–water partition coefficient (Wildman–Crippen LogP) is 2.64. The van der Waals surface area contributed by atoms with Crippen molar-refractivity contribution in [3.8, 4) is 17.5 Å². The van der Waals surface area contributed by atoms with Crippen LogP contribution in [-0.2, 0) is 0 Å². The minimum absolute atomic E-state index is 0.411. The number of hydrogen-bond donors (Lipinski definition) is 1. The summed E-state index contributed by atoms with van der Waals surface area (Å²) in [6.07, 6.45) is 2.32. The topological polar surface area (TPSA) is 70.3 Å². The van der Waals surface area contributed by atoms with Crippen LogP contribution in [0.2, 0.25) is 0 Å². The minimum Gasteiger partial charge on any atom is -0.477 e. The Morgan fingerprint density at radius 3 is 2.72 bits per heavy atom. The van der Waals surface area contributed by atoms with Gasteiger partial charge in [-0.25, -0.2) is 9.97 Å². The van der Waals surface area contributed by atoms with Gasteiger partial charge in [-0.2, -0.15) is 0 Å². The van der Waals surface area contributed by atoms with Crippen molar-refractivity contribution in [2.45, 2.75) is 13.3 Å². The number of para-hydroxylation sites is 2. The van der Waals surface area contributed by atoms with Crippen LogP contribution in [-0.4, -0.2) is 16.6 Å². The Balaban J connectivity index is 2.12. The molecule has 94 valence electrons. The molecule has 5 nitrogen and oxygen atoms in total. The van der Waals surface area contributed by atoms with Gasteiger partial charge in [0, 0.05) is 0 Å². The summed E-state index contributed by atoms with van der Waals surface area (Å²) in [6.45, 7) is 2.65. The second-order valence-electron chi connectivity index (χ2n) is 3.68. The first-order valence-electron chi connectivity index (χ1n) is 5.77. The molecule has 0 aliphatic carbocycles. The number of nitrogens with zero attached hydrogens (tertiary/aromatic N) is 2. The van der Waals surface area contributed by atoms with E-state index in [1.54, 1.807) is 18.2 Å². The van der Waals surface area contributed by atoms with Crippen molar-refractivity contribution in [2.75, 3.05) is 12.3 Å². The number of nitrogen functional groups attached to an aromatic ring is 1. The van der Waals surface area contributed by atoms with Gasteiger partial charge in [0.2, 0.25) is 11.8 Å². The molecule has 5 heteroatoms. The Labute approximate surface area is 106 Å². The highest BCUT2D eigenvalue weighted by Crippen LogP contribution is 2.26. The number of aromatic nitrogens is 2. The van der Waals surface area contributed by atoms with Crippen molar-refractivity contribution in [3.63, 3.8) is 0 Å². The molecule has 0 spiro atoms. The summed E-state index contributed by atoms with van der Waals surface area (Å²) in [5.74, 6) is 1.47. The summed E-state index contributed by atoms with van der Waals surface area (Å²) in [6, 6.07) is 8.89. The van der Waals surface area contributed by atoms with Gasteiger partial charge in [-0.3, -0.25) is 0 Å². The van der Waals surface area contributed by atoms with Crippen LogP contribution in [0.3, 0.4) is 0 Å². The first-order valence-corrected chi connectivity index (χ1v) is 5.77. The van der Waals surface area contributed by atoms with Crippen molar-refractivity contribution in [1.29, 1.82) is 0 Å². The molecule has 0 amide bonds. The quantitative estimate of drug-likeness (QED) is 0.820. The Bertz CT molecular complexity index is 517. The van der Waals surface area contributed by atoms with E-state index in [4.69, 9.17) is 15.2 Å². The highest BCUT2D eigenvalue weighted by molar-refractivity contribution is 5.53. The van der Waals surface area contributed by atoms with Gasteiger partial charge < -0.3 is 15.2 Å². The van der Waals surface area contributed by atoms with Crippen LogP contribution in [0.5, 0.6) is 17.5 Å². The fraction of sp³-hybridized carbons (Fsp3) is 0.231. The van der Waals surface area contributed by atoms with Crippen LogP contribution in [0, 0.1) is 0 Å². The van der Waals surface area contributed by atoms with Crippen LogP contribution < -0.4 is 15.2 Å². The Morgan fingerprint density at radius 1 is 1.17 bits per heavy atom. The van der Waals surface area contributed by atoms with Gasteiger partial charge in [0.1, 0.15) is 6.33 Å². The summed E-state index contributed by atoms with van der Waals surface area (Å²) in [5, 5.41) is 0. The van der Waals surface area contributed by atoms with Gasteiger partial charge in [0.25, 0.3) is 0 Å². The molecule has 2 rings (SSSR count). The third kappa shape index (κ3) is 3.10. The summed E-state index contributed by atoms with van der Waals surface area (Å²) < 4.78 is 11.0. The van der Waals surface area contributed by atoms with Crippen LogP contribution in [0.25, 0.3) is 0 Å². The van der Waals surface area contributed by atoms with Crippen molar-refractivity contribution < 1.29 is 9.47 Å². The Hall–Kier alpha value is -2.30. The molecule has 0 aliphatic rings. The van der Waals surface area contributed by atoms with Crippen molar-refractivity contribution >= 4 is 5.69 Å². The lowest BCUT2D eigenvalue weighted by Gasteiger charge is -2.08. The molecule has 1 aromatic heterocycles. The summed E-state index contributed by atoms with van der Waals surface area (Å²) in [4.78, 5) is 8.01. The van der Waals surface area contributed by atoms with Gasteiger partial charge in [0.15, 0.2) is 5.75 Å². The Morgan fingerprint density at radius 2 is 1.94 bits per heavy atom. The highest BCUT2D eigenvalue weighted by atomic mass is 16.5. The molecule has 1 aromatic carbocycles. The predicted molar refractivity (Wildman–Crippen MR) is 68.7 cm³/mol. The molecule has 0 radical (unpaired) electrons. The minimum atomic E-state index is 0.411. The molecule has 2 aromatic rings. The smallest absolute Gasteiger partial charge is 0.226 e. The van der Waals surface area contributed by atoms with Crippen molar-refractivity contribution in [2.24, 2.45) is 0 Å². The van der Waals surface area contributed by atoms with E-state index in [-0.39, 0.29) is 0 Å². The average molecular weight is 245 g/mol. The molecular weight excluding hydrogens is 230 g/mol. The lowest BCUT2D eigenvalue weighted by Crippen LogP contribution is -1.99. The molecule has 0 unspecified atom stereocenters. The number of benzene rings is 1. The van der Waals surface area contributed by atoms with Gasteiger partial charge in [0.05, 0.1) is 18.4 Å². The molecule has 1 heterocycles. The molecule has 0 fully saturated rings. The molecule has 0 aliphatic heterocycles. The van der Waals surface area contributed by atoms with Crippen molar-refractivity contribution in [1.82, 2.24) is 9.97 Å². The number of rotatable bonds is 5. The van der Waals surface area contributed by atoms with Gasteiger partial charge in [-0.15, -0.1) is 0 Å². The van der Waals surface area contributed by atoms with E-state index in [1.807, 2.05) is 19.1 Å². The molecule has 0 atom stereocenters. The fourth-order valence-electron chi connectivity index (χ4n) is 1.35. The zero-order chi connectivity index (χ0) is 12.8. The van der Waals surface area contributed by atoms with Gasteiger partial charge in [-0.1, -0.05) is 19.1 Å². The highest BCUT2D eigenvalue weighted by Gasteiger charge is 2.04. The van der Waals surface area contributed by atoms with Crippen molar-refractivity contribution in [3.05, 3.63) is 36.7 Å². The normalized spacial score (nSPS) is 10.1. The van der Waals surface area contributed by atoms with Gasteiger partial charge in [-0.05, 0) is 18.6 Å². The second-order valence-corrected chi connectivity index (χ2v) is 3.68. The first kappa shape index (κ1) is 12.2. The zero-order valence-corrected chi connectivity index (χ0v) is 10.2. The zero-order valence-electron chi connectivity index (χ0n) is 10.2. The average Bonchev–Trinajstić information content (AvgIpc) is 2.40. The van der Waals surface area contributed by atoms with E-state index < -0.39 is 0 Å². The molecule has 0 bridgehead atoms. The monoisotopic (exact) mass is 245 g/mol. The SMILES string of the molecule is CCCOc1cc(Oc2ccccc2N)ncn1. The summed E-state index contributed by atoms with van der Waals surface area (Å²) in [5.41, 5.74) is 6.35. The van der Waals surface area contributed by atoms with E-state index in [9.17, 15) is 0 Å². The third-order valence-electron chi connectivity index (χ3n) is 2.20. The lowest BCUT2D eigenvalue weighted by molar-refractivity contribution is 0.302. The molecule has 0 saturated heterocycles. The molecular formula is C13H15N3O2.